The summed E-state index contributed by atoms with van der Waals surface area (Å²) in [5, 5.41) is 13.4. The Kier molecular flexibility index (Phi) is 2.93. The molecule has 1 aromatic carbocycles. The number of hydrogen-bond acceptors (Lipinski definition) is 5. The molecule has 1 aromatic rings. The summed E-state index contributed by atoms with van der Waals surface area (Å²) in [7, 11) is 0. The van der Waals surface area contributed by atoms with Crippen LogP contribution in [0.15, 0.2) is 29.3 Å². The van der Waals surface area contributed by atoms with Crippen molar-refractivity contribution in [3.63, 3.8) is 0 Å². The second-order valence-electron chi connectivity index (χ2n) is 9.61. The molecule has 5 aliphatic rings. The number of nitrogens with zero attached hydrogens (tertiary/aromatic N) is 3. The molecule has 4 fully saturated rings. The molecule has 0 aromatic heterocycles. The fourth-order valence-corrected chi connectivity index (χ4v) is 7.15. The van der Waals surface area contributed by atoms with Crippen LogP contribution in [0, 0.1) is 22.7 Å². The van der Waals surface area contributed by atoms with Crippen molar-refractivity contribution in [1.82, 2.24) is 10.2 Å². The largest absolute Gasteiger partial charge is 0.432 e. The summed E-state index contributed by atoms with van der Waals surface area (Å²) in [6.07, 6.45) is 3.39. The van der Waals surface area contributed by atoms with Crippen molar-refractivity contribution >= 4 is 17.5 Å². The number of carbonyl (C=O) groups excluding carboxylic acids is 1. The van der Waals surface area contributed by atoms with Gasteiger partial charge in [0, 0.05) is 23.4 Å². The lowest BCUT2D eigenvalue weighted by Gasteiger charge is -2.65. The number of benzene rings is 1. The highest BCUT2D eigenvalue weighted by Gasteiger charge is 2.73. The standard InChI is InChI=1S/C22H24N4O2/c1-20(2)16-10-13-6-5-9-26(13)17(11-23)21(16)12-22(28-19(27)25-21)14-7-3-4-8-15(14)24-18(20)22/h3-4,7-8,13,16-17H,5-6,9-10,12H2,1-2H3,(H,25,27)/t13-,16-,17-,21+,22+/m0/s1. The number of nitrogens with one attached hydrogen (secondary N) is 1. The summed E-state index contributed by atoms with van der Waals surface area (Å²) < 4.78 is 6.07. The van der Waals surface area contributed by atoms with E-state index in [1.54, 1.807) is 0 Å². The van der Waals surface area contributed by atoms with Crippen molar-refractivity contribution in [1.29, 1.82) is 5.26 Å². The first-order chi connectivity index (χ1) is 13.4. The van der Waals surface area contributed by atoms with Gasteiger partial charge < -0.3 is 10.1 Å². The minimum atomic E-state index is -0.861. The maximum absolute atomic E-state index is 12.9. The van der Waals surface area contributed by atoms with Crippen molar-refractivity contribution in [2.75, 3.05) is 6.54 Å². The van der Waals surface area contributed by atoms with E-state index in [2.05, 4.69) is 30.1 Å². The molecule has 144 valence electrons. The number of alkyl carbamates (subject to hydrolysis) is 1. The highest BCUT2D eigenvalue weighted by molar-refractivity contribution is 6.07. The smallest absolute Gasteiger partial charge is 0.408 e. The van der Waals surface area contributed by atoms with Gasteiger partial charge in [0.1, 0.15) is 6.04 Å². The van der Waals surface area contributed by atoms with Crippen LogP contribution in [0.5, 0.6) is 0 Å². The van der Waals surface area contributed by atoms with Crippen LogP contribution in [0.25, 0.3) is 0 Å². The number of ether oxygens (including phenoxy) is 1. The molecule has 1 aliphatic carbocycles. The highest BCUT2D eigenvalue weighted by atomic mass is 16.6. The van der Waals surface area contributed by atoms with E-state index in [0.717, 1.165) is 42.8 Å². The lowest BCUT2D eigenvalue weighted by Crippen LogP contribution is -2.80. The van der Waals surface area contributed by atoms with Gasteiger partial charge in [-0.15, -0.1) is 0 Å². The second-order valence-corrected chi connectivity index (χ2v) is 9.61. The number of rotatable bonds is 0. The number of piperidine rings is 1. The van der Waals surface area contributed by atoms with E-state index < -0.39 is 17.2 Å². The Morgan fingerprint density at radius 1 is 1.36 bits per heavy atom. The van der Waals surface area contributed by atoms with Gasteiger partial charge in [-0.3, -0.25) is 9.89 Å². The average Bonchev–Trinajstić information content (AvgIpc) is 3.23. The van der Waals surface area contributed by atoms with E-state index in [4.69, 9.17) is 9.73 Å². The van der Waals surface area contributed by atoms with E-state index in [9.17, 15) is 10.1 Å². The summed E-state index contributed by atoms with van der Waals surface area (Å²) in [5.41, 5.74) is 1.05. The molecule has 0 unspecified atom stereocenters. The van der Waals surface area contributed by atoms with E-state index in [0.29, 0.717) is 12.5 Å². The van der Waals surface area contributed by atoms with Crippen LogP contribution in [0.3, 0.4) is 0 Å². The van der Waals surface area contributed by atoms with E-state index in [1.807, 2.05) is 24.3 Å². The maximum Gasteiger partial charge on any atom is 0.408 e. The highest BCUT2D eigenvalue weighted by Crippen LogP contribution is 2.64. The first kappa shape index (κ1) is 16.6. The van der Waals surface area contributed by atoms with Gasteiger partial charge in [0.05, 0.1) is 23.0 Å². The Bertz CT molecular complexity index is 979. The van der Waals surface area contributed by atoms with Gasteiger partial charge in [-0.25, -0.2) is 4.79 Å². The molecule has 6 nitrogen and oxygen atoms in total. The van der Waals surface area contributed by atoms with Gasteiger partial charge in [0.25, 0.3) is 0 Å². The molecule has 6 heteroatoms. The van der Waals surface area contributed by atoms with Crippen molar-refractivity contribution < 1.29 is 9.53 Å². The lowest BCUT2D eigenvalue weighted by molar-refractivity contribution is -0.115. The topological polar surface area (TPSA) is 77.7 Å². The molecule has 1 saturated carbocycles. The summed E-state index contributed by atoms with van der Waals surface area (Å²) in [5.74, 6) is 0.151. The number of nitriles is 1. The normalized spacial score (nSPS) is 42.1. The van der Waals surface area contributed by atoms with Crippen LogP contribution in [0.1, 0.15) is 45.1 Å². The number of carbonyl (C=O) groups is 1. The molecular weight excluding hydrogens is 352 g/mol. The van der Waals surface area contributed by atoms with Gasteiger partial charge in [0.2, 0.25) is 0 Å². The Hall–Kier alpha value is -2.39. The summed E-state index contributed by atoms with van der Waals surface area (Å²) in [4.78, 5) is 20.3. The van der Waals surface area contributed by atoms with Crippen LogP contribution >= 0.6 is 0 Å². The Morgan fingerprint density at radius 3 is 3.00 bits per heavy atom. The monoisotopic (exact) mass is 376 g/mol. The van der Waals surface area contributed by atoms with Crippen LogP contribution < -0.4 is 5.32 Å². The zero-order valence-corrected chi connectivity index (χ0v) is 16.2. The van der Waals surface area contributed by atoms with Crippen LogP contribution in [0.2, 0.25) is 0 Å². The molecule has 6 rings (SSSR count). The number of hydrogen-bond donors (Lipinski definition) is 1. The van der Waals surface area contributed by atoms with Crippen molar-refractivity contribution in [2.45, 2.75) is 62.8 Å². The molecule has 28 heavy (non-hydrogen) atoms. The van der Waals surface area contributed by atoms with Gasteiger partial charge >= 0.3 is 6.09 Å². The first-order valence-corrected chi connectivity index (χ1v) is 10.3. The first-order valence-electron chi connectivity index (χ1n) is 10.3. The van der Waals surface area contributed by atoms with Crippen LogP contribution in [-0.2, 0) is 10.3 Å². The van der Waals surface area contributed by atoms with E-state index >= 15 is 0 Å². The minimum Gasteiger partial charge on any atom is -0.432 e. The zero-order valence-electron chi connectivity index (χ0n) is 16.2. The van der Waals surface area contributed by atoms with Gasteiger partial charge in [-0.1, -0.05) is 32.0 Å². The third-order valence-electron chi connectivity index (χ3n) is 8.07. The van der Waals surface area contributed by atoms with Crippen LogP contribution in [-0.4, -0.2) is 40.9 Å². The Balaban J connectivity index is 1.62. The molecule has 0 radical (unpaired) electrons. The molecule has 4 heterocycles. The second kappa shape index (κ2) is 4.96. The summed E-state index contributed by atoms with van der Waals surface area (Å²) in [6.45, 7) is 5.38. The molecule has 1 amide bonds. The van der Waals surface area contributed by atoms with Crippen LogP contribution in [0.4, 0.5) is 10.5 Å². The predicted octanol–water partition coefficient (Wildman–Crippen LogP) is 3.25. The third kappa shape index (κ3) is 1.69. The number of fused-ring (bicyclic) bond motifs is 2. The van der Waals surface area contributed by atoms with Gasteiger partial charge in [-0.2, -0.15) is 5.26 Å². The van der Waals surface area contributed by atoms with Gasteiger partial charge in [0.15, 0.2) is 5.60 Å². The number of para-hydroxylation sites is 1. The molecule has 3 saturated heterocycles. The third-order valence-corrected chi connectivity index (χ3v) is 8.07. The summed E-state index contributed by atoms with van der Waals surface area (Å²) >= 11 is 0. The number of amides is 1. The Morgan fingerprint density at radius 2 is 2.18 bits per heavy atom. The van der Waals surface area contributed by atoms with Gasteiger partial charge in [-0.05, 0) is 37.8 Å². The molecular formula is C22H24N4O2. The fraction of sp³-hybridized carbons (Fsp3) is 0.591. The summed E-state index contributed by atoms with van der Waals surface area (Å²) in [6, 6.07) is 10.7. The fourth-order valence-electron chi connectivity index (χ4n) is 7.15. The molecule has 2 bridgehead atoms. The average molecular weight is 376 g/mol. The van der Waals surface area contributed by atoms with Crippen molar-refractivity contribution in [3.8, 4) is 6.07 Å². The SMILES string of the molecule is CC1(C)C2=Nc3ccccc3[C@]23C[C@]2(NC(=O)O3)[C@H](C#N)N3CCC[C@H]3C[C@@H]12. The van der Waals surface area contributed by atoms with E-state index in [1.165, 1.54) is 0 Å². The Labute approximate surface area is 164 Å². The molecule has 1 N–H and O–H groups in total. The number of aliphatic imine (C=N–C) groups is 1. The van der Waals surface area contributed by atoms with Crippen molar-refractivity contribution in [2.24, 2.45) is 16.3 Å². The molecule has 5 atom stereocenters. The predicted molar refractivity (Wildman–Crippen MR) is 103 cm³/mol. The molecule has 4 aliphatic heterocycles. The minimum absolute atomic E-state index is 0.151. The van der Waals surface area contributed by atoms with E-state index in [-0.39, 0.29) is 17.4 Å². The zero-order chi connectivity index (χ0) is 19.3. The maximum atomic E-state index is 12.9. The quantitative estimate of drug-likeness (QED) is 0.754. The molecule has 2 spiro atoms. The van der Waals surface area contributed by atoms with Crippen molar-refractivity contribution in [3.05, 3.63) is 29.8 Å². The lowest BCUT2D eigenvalue weighted by atomic mass is 9.48.